The van der Waals surface area contributed by atoms with Crippen LogP contribution in [0.3, 0.4) is 0 Å². The third-order valence-electron chi connectivity index (χ3n) is 4.43. The molecule has 4 rings (SSSR count). The van der Waals surface area contributed by atoms with Crippen molar-refractivity contribution in [2.24, 2.45) is 5.92 Å². The minimum absolute atomic E-state index is 0.213. The van der Waals surface area contributed by atoms with Gasteiger partial charge in [0, 0.05) is 13.1 Å². The second kappa shape index (κ2) is 4.18. The number of likely N-dealkylation sites (tertiary alicyclic amines) is 1. The fraction of sp³-hybridized carbons (Fsp3) is 0.235. The van der Waals surface area contributed by atoms with Gasteiger partial charge in [0.15, 0.2) is 0 Å². The molecule has 3 nitrogen and oxygen atoms in total. The van der Waals surface area contributed by atoms with Gasteiger partial charge in [-0.1, -0.05) is 48.5 Å². The van der Waals surface area contributed by atoms with Gasteiger partial charge in [-0.3, -0.25) is 9.69 Å². The summed E-state index contributed by atoms with van der Waals surface area (Å²) < 4.78 is 0. The van der Waals surface area contributed by atoms with Crippen LogP contribution in [0, 0.1) is 5.92 Å². The van der Waals surface area contributed by atoms with Crippen LogP contribution in [0.2, 0.25) is 0 Å². The van der Waals surface area contributed by atoms with Crippen LogP contribution >= 0.6 is 0 Å². The Bertz CT molecular complexity index is 643. The van der Waals surface area contributed by atoms with E-state index in [4.69, 9.17) is 5.11 Å². The normalized spacial score (nSPS) is 18.4. The quantitative estimate of drug-likeness (QED) is 0.907. The Labute approximate surface area is 117 Å². The minimum atomic E-state index is -0.680. The highest BCUT2D eigenvalue weighted by Crippen LogP contribution is 2.47. The van der Waals surface area contributed by atoms with E-state index >= 15 is 0 Å². The van der Waals surface area contributed by atoms with Crippen LogP contribution in [0.15, 0.2) is 48.5 Å². The molecule has 0 amide bonds. The Kier molecular flexibility index (Phi) is 2.44. The van der Waals surface area contributed by atoms with E-state index in [1.54, 1.807) is 0 Å². The highest BCUT2D eigenvalue weighted by Gasteiger charge is 2.41. The van der Waals surface area contributed by atoms with Crippen LogP contribution in [0.4, 0.5) is 0 Å². The summed E-state index contributed by atoms with van der Waals surface area (Å²) in [5, 5.41) is 9.06. The number of carboxylic acids is 1. The predicted molar refractivity (Wildman–Crippen MR) is 76.4 cm³/mol. The summed E-state index contributed by atoms with van der Waals surface area (Å²) in [5.74, 6) is -0.893. The third kappa shape index (κ3) is 1.53. The van der Waals surface area contributed by atoms with Gasteiger partial charge in [0.25, 0.3) is 0 Å². The molecule has 2 aliphatic rings. The smallest absolute Gasteiger partial charge is 0.309 e. The van der Waals surface area contributed by atoms with Gasteiger partial charge in [-0.05, 0) is 22.3 Å². The number of aliphatic carboxylic acids is 1. The largest absolute Gasteiger partial charge is 0.481 e. The van der Waals surface area contributed by atoms with Gasteiger partial charge in [0.1, 0.15) is 0 Å². The van der Waals surface area contributed by atoms with Crippen molar-refractivity contribution in [3.05, 3.63) is 59.7 Å². The van der Waals surface area contributed by atoms with Crippen molar-refractivity contribution in [3.63, 3.8) is 0 Å². The zero-order chi connectivity index (χ0) is 13.7. The molecular weight excluding hydrogens is 250 g/mol. The molecular formula is C17H15NO2. The molecule has 0 atom stereocenters. The average molecular weight is 265 g/mol. The van der Waals surface area contributed by atoms with E-state index < -0.39 is 5.97 Å². The van der Waals surface area contributed by atoms with Crippen molar-refractivity contribution in [3.8, 4) is 11.1 Å². The lowest BCUT2D eigenvalue weighted by Crippen LogP contribution is -2.51. The summed E-state index contributed by atoms with van der Waals surface area (Å²) in [7, 11) is 0. The third-order valence-corrected chi connectivity index (χ3v) is 4.43. The number of fused-ring (bicyclic) bond motifs is 3. The van der Waals surface area contributed by atoms with Gasteiger partial charge in [0.2, 0.25) is 0 Å². The molecule has 3 heteroatoms. The van der Waals surface area contributed by atoms with E-state index in [0.717, 1.165) is 0 Å². The zero-order valence-electron chi connectivity index (χ0n) is 11.0. The second-order valence-electron chi connectivity index (χ2n) is 5.57. The van der Waals surface area contributed by atoms with Crippen LogP contribution in [-0.4, -0.2) is 29.1 Å². The molecule has 0 spiro atoms. The van der Waals surface area contributed by atoms with Gasteiger partial charge < -0.3 is 5.11 Å². The Morgan fingerprint density at radius 2 is 1.45 bits per heavy atom. The number of nitrogens with zero attached hydrogens (tertiary/aromatic N) is 1. The van der Waals surface area contributed by atoms with Crippen LogP contribution < -0.4 is 0 Å². The van der Waals surface area contributed by atoms with E-state index in [-0.39, 0.29) is 12.0 Å². The first kappa shape index (κ1) is 11.7. The fourth-order valence-electron chi connectivity index (χ4n) is 3.40. The summed E-state index contributed by atoms with van der Waals surface area (Å²) in [5.41, 5.74) is 5.17. The Morgan fingerprint density at radius 1 is 0.950 bits per heavy atom. The molecule has 100 valence electrons. The number of carboxylic acid groups (broad SMARTS) is 1. The Balaban J connectivity index is 1.75. The molecule has 0 aromatic heterocycles. The average Bonchev–Trinajstić information content (AvgIpc) is 2.73. The number of carbonyl (C=O) groups is 1. The fourth-order valence-corrected chi connectivity index (χ4v) is 3.40. The summed E-state index contributed by atoms with van der Waals surface area (Å²) in [6, 6.07) is 17.1. The maximum atomic E-state index is 11.0. The maximum Gasteiger partial charge on any atom is 0.309 e. The van der Waals surface area contributed by atoms with Crippen LogP contribution in [0.25, 0.3) is 11.1 Å². The predicted octanol–water partition coefficient (Wildman–Crippen LogP) is 2.77. The molecule has 1 N–H and O–H groups in total. The van der Waals surface area contributed by atoms with Crippen molar-refractivity contribution < 1.29 is 9.90 Å². The number of hydrogen-bond donors (Lipinski definition) is 1. The molecule has 1 aliphatic carbocycles. The monoisotopic (exact) mass is 265 g/mol. The van der Waals surface area contributed by atoms with Gasteiger partial charge in [-0.25, -0.2) is 0 Å². The van der Waals surface area contributed by atoms with Crippen LogP contribution in [0.5, 0.6) is 0 Å². The molecule has 1 heterocycles. The molecule has 0 radical (unpaired) electrons. The number of hydrogen-bond acceptors (Lipinski definition) is 2. The molecule has 1 fully saturated rings. The molecule has 2 aromatic rings. The minimum Gasteiger partial charge on any atom is -0.481 e. The topological polar surface area (TPSA) is 40.5 Å². The zero-order valence-corrected chi connectivity index (χ0v) is 11.0. The van der Waals surface area contributed by atoms with E-state index in [0.29, 0.717) is 13.1 Å². The van der Waals surface area contributed by atoms with Gasteiger partial charge >= 0.3 is 5.97 Å². The molecule has 0 bridgehead atoms. The number of benzene rings is 2. The first-order valence-corrected chi connectivity index (χ1v) is 6.91. The lowest BCUT2D eigenvalue weighted by Gasteiger charge is -2.41. The van der Waals surface area contributed by atoms with E-state index in [9.17, 15) is 4.79 Å². The summed E-state index contributed by atoms with van der Waals surface area (Å²) in [6.45, 7) is 1.28. The molecule has 20 heavy (non-hydrogen) atoms. The highest BCUT2D eigenvalue weighted by molar-refractivity contribution is 5.79. The lowest BCUT2D eigenvalue weighted by molar-refractivity contribution is -0.148. The van der Waals surface area contributed by atoms with E-state index in [2.05, 4.69) is 53.4 Å². The van der Waals surface area contributed by atoms with E-state index in [1.165, 1.54) is 22.3 Å². The molecule has 1 aliphatic heterocycles. The SMILES string of the molecule is O=C(O)C1CN(C2c3ccccc3-c3ccccc32)C1. The Morgan fingerprint density at radius 3 is 1.95 bits per heavy atom. The van der Waals surface area contributed by atoms with Gasteiger partial charge in [-0.15, -0.1) is 0 Å². The lowest BCUT2D eigenvalue weighted by atomic mass is 9.93. The standard InChI is InChI=1S/C17H15NO2/c19-17(20)11-9-18(10-11)16-14-7-3-1-5-12(14)13-6-2-4-8-15(13)16/h1-8,11,16H,9-10H2,(H,19,20). The van der Waals surface area contributed by atoms with Crippen molar-refractivity contribution in [2.45, 2.75) is 6.04 Å². The van der Waals surface area contributed by atoms with Crippen molar-refractivity contribution in [1.29, 1.82) is 0 Å². The maximum absolute atomic E-state index is 11.0. The van der Waals surface area contributed by atoms with Crippen molar-refractivity contribution >= 4 is 5.97 Å². The van der Waals surface area contributed by atoms with Crippen molar-refractivity contribution in [2.75, 3.05) is 13.1 Å². The Hall–Kier alpha value is -2.13. The molecule has 1 saturated heterocycles. The molecule has 2 aromatic carbocycles. The second-order valence-corrected chi connectivity index (χ2v) is 5.57. The molecule has 0 saturated carbocycles. The van der Waals surface area contributed by atoms with E-state index in [1.807, 2.05) is 0 Å². The summed E-state index contributed by atoms with van der Waals surface area (Å²) >= 11 is 0. The number of rotatable bonds is 2. The van der Waals surface area contributed by atoms with Crippen molar-refractivity contribution in [1.82, 2.24) is 4.90 Å². The first-order valence-electron chi connectivity index (χ1n) is 6.91. The summed E-state index contributed by atoms with van der Waals surface area (Å²) in [4.78, 5) is 13.3. The molecule has 0 unspecified atom stereocenters. The summed E-state index contributed by atoms with van der Waals surface area (Å²) in [6.07, 6.45) is 0. The first-order chi connectivity index (χ1) is 9.75. The van der Waals surface area contributed by atoms with Crippen LogP contribution in [0.1, 0.15) is 17.2 Å². The van der Waals surface area contributed by atoms with Gasteiger partial charge in [-0.2, -0.15) is 0 Å². The van der Waals surface area contributed by atoms with Gasteiger partial charge in [0.05, 0.1) is 12.0 Å². The highest BCUT2D eigenvalue weighted by atomic mass is 16.4. The van der Waals surface area contributed by atoms with Crippen LogP contribution in [-0.2, 0) is 4.79 Å².